The number of aromatic nitrogens is 2. The van der Waals surface area contributed by atoms with Gasteiger partial charge in [0.15, 0.2) is 5.82 Å². The zero-order valence-electron chi connectivity index (χ0n) is 15.1. The van der Waals surface area contributed by atoms with Gasteiger partial charge >= 0.3 is 0 Å². The van der Waals surface area contributed by atoms with E-state index >= 15 is 0 Å². The first-order chi connectivity index (χ1) is 10.3. The highest BCUT2D eigenvalue weighted by atomic mass is 15.0. The van der Waals surface area contributed by atoms with Gasteiger partial charge in [-0.05, 0) is 12.5 Å². The summed E-state index contributed by atoms with van der Waals surface area (Å²) < 4.78 is 0. The molecular weight excluding hydrogens is 258 g/mol. The number of hydrogen-bond donors (Lipinski definition) is 1. The van der Waals surface area contributed by atoms with Crippen molar-refractivity contribution in [3.8, 4) is 0 Å². The summed E-state index contributed by atoms with van der Waals surface area (Å²) >= 11 is 0. The lowest BCUT2D eigenvalue weighted by Gasteiger charge is -2.15. The van der Waals surface area contributed by atoms with Gasteiger partial charge in [0.1, 0.15) is 0 Å². The summed E-state index contributed by atoms with van der Waals surface area (Å²) in [7, 11) is 0. The molecule has 1 aromatic heterocycles. The Balaban J connectivity index is -0.000000478. The van der Waals surface area contributed by atoms with Crippen molar-refractivity contribution >= 4 is 5.70 Å². The average molecular weight is 293 g/mol. The van der Waals surface area contributed by atoms with Crippen molar-refractivity contribution < 1.29 is 0 Å². The van der Waals surface area contributed by atoms with E-state index < -0.39 is 0 Å². The molecule has 1 aromatic rings. The van der Waals surface area contributed by atoms with Crippen LogP contribution < -0.4 is 5.32 Å². The van der Waals surface area contributed by atoms with E-state index in [1.807, 2.05) is 47.6 Å². The van der Waals surface area contributed by atoms with E-state index in [1.54, 1.807) is 18.5 Å². The molecule has 21 heavy (non-hydrogen) atoms. The minimum Gasteiger partial charge on any atom is -0.376 e. The van der Waals surface area contributed by atoms with Crippen LogP contribution in [0.4, 0.5) is 0 Å². The molecule has 1 heterocycles. The monoisotopic (exact) mass is 293 g/mol. The van der Waals surface area contributed by atoms with Crippen LogP contribution in [0.15, 0.2) is 37.7 Å². The number of nitrogens with zero attached hydrogens (tertiary/aromatic N) is 2. The number of nitrogens with one attached hydrogen (secondary N) is 1. The summed E-state index contributed by atoms with van der Waals surface area (Å²) in [5, 5.41) is 3.25. The number of rotatable bonds is 6. The number of hydrogen-bond acceptors (Lipinski definition) is 3. The molecule has 3 heteroatoms. The zero-order chi connectivity index (χ0) is 17.1. The minimum absolute atomic E-state index is 0.242. The van der Waals surface area contributed by atoms with E-state index in [4.69, 9.17) is 0 Å². The third kappa shape index (κ3) is 13.1. The fourth-order valence-corrected chi connectivity index (χ4v) is 1.30. The Bertz CT molecular complexity index is 320. The molecule has 0 spiro atoms. The summed E-state index contributed by atoms with van der Waals surface area (Å²) in [4.78, 5) is 8.24. The maximum atomic E-state index is 4.12. The van der Waals surface area contributed by atoms with Gasteiger partial charge in [0, 0.05) is 18.4 Å². The van der Waals surface area contributed by atoms with Crippen molar-refractivity contribution in [1.29, 1.82) is 0 Å². The summed E-state index contributed by atoms with van der Waals surface area (Å²) in [6, 6.07) is 2.03. The molecule has 0 aliphatic carbocycles. The Hall–Kier alpha value is -1.64. The van der Waals surface area contributed by atoms with Crippen molar-refractivity contribution in [2.45, 2.75) is 67.3 Å². The average Bonchev–Trinajstić information content (AvgIpc) is 2.60. The van der Waals surface area contributed by atoms with Crippen LogP contribution in [0.2, 0.25) is 0 Å². The van der Waals surface area contributed by atoms with Gasteiger partial charge in [0.25, 0.3) is 0 Å². The first-order valence-corrected chi connectivity index (χ1v) is 8.13. The Labute approximate surface area is 132 Å². The highest BCUT2D eigenvalue weighted by Gasteiger charge is 2.06. The van der Waals surface area contributed by atoms with Gasteiger partial charge in [-0.3, -0.25) is 0 Å². The van der Waals surface area contributed by atoms with E-state index in [9.17, 15) is 0 Å². The van der Waals surface area contributed by atoms with Crippen molar-refractivity contribution in [2.75, 3.05) is 0 Å². The summed E-state index contributed by atoms with van der Waals surface area (Å²) in [6.45, 7) is 21.8. The van der Waals surface area contributed by atoms with E-state index in [-0.39, 0.29) is 6.04 Å². The first kappa shape index (κ1) is 24.4. The van der Waals surface area contributed by atoms with Crippen LogP contribution >= 0.6 is 0 Å². The van der Waals surface area contributed by atoms with Gasteiger partial charge in [-0.25, -0.2) is 9.97 Å². The highest BCUT2D eigenvalue weighted by molar-refractivity contribution is 5.54. The Morgan fingerprint density at radius 1 is 1.14 bits per heavy atom. The van der Waals surface area contributed by atoms with E-state index in [1.165, 1.54) is 0 Å². The normalized spacial score (nSPS) is 9.29. The van der Waals surface area contributed by atoms with Gasteiger partial charge in [-0.1, -0.05) is 67.5 Å². The SMILES string of the molecule is C=CC(CCC)NC(=C)c1ncccn1.CC.CC.CC. The predicted octanol–water partition coefficient (Wildman–Crippen LogP) is 5.47. The maximum Gasteiger partial charge on any atom is 0.174 e. The molecule has 3 nitrogen and oxygen atoms in total. The molecule has 0 saturated carbocycles. The van der Waals surface area contributed by atoms with Gasteiger partial charge in [-0.2, -0.15) is 0 Å². The molecule has 0 aromatic carbocycles. The van der Waals surface area contributed by atoms with Crippen LogP contribution in [-0.2, 0) is 0 Å². The third-order valence-corrected chi connectivity index (χ3v) is 2.08. The molecule has 0 bridgehead atoms. The largest absolute Gasteiger partial charge is 0.376 e. The highest BCUT2D eigenvalue weighted by Crippen LogP contribution is 2.06. The van der Waals surface area contributed by atoms with E-state index in [2.05, 4.69) is 35.4 Å². The maximum absolute atomic E-state index is 4.12. The van der Waals surface area contributed by atoms with Crippen LogP contribution in [0.3, 0.4) is 0 Å². The topological polar surface area (TPSA) is 37.8 Å². The summed E-state index contributed by atoms with van der Waals surface area (Å²) in [5.74, 6) is 0.639. The van der Waals surface area contributed by atoms with Gasteiger partial charge in [0.05, 0.1) is 5.70 Å². The van der Waals surface area contributed by atoms with Crippen molar-refractivity contribution in [3.05, 3.63) is 43.5 Å². The molecule has 122 valence electrons. The molecule has 1 N–H and O–H groups in total. The molecule has 1 unspecified atom stereocenters. The van der Waals surface area contributed by atoms with Crippen molar-refractivity contribution in [2.24, 2.45) is 0 Å². The zero-order valence-corrected chi connectivity index (χ0v) is 15.1. The molecular formula is C18H35N3. The minimum atomic E-state index is 0.242. The van der Waals surface area contributed by atoms with Gasteiger partial charge < -0.3 is 5.32 Å². The van der Waals surface area contributed by atoms with E-state index in [0.29, 0.717) is 5.82 Å². The van der Waals surface area contributed by atoms with Gasteiger partial charge in [-0.15, -0.1) is 6.58 Å². The molecule has 0 aliphatic heterocycles. The van der Waals surface area contributed by atoms with Crippen molar-refractivity contribution in [3.63, 3.8) is 0 Å². The van der Waals surface area contributed by atoms with E-state index in [0.717, 1.165) is 18.5 Å². The lowest BCUT2D eigenvalue weighted by Crippen LogP contribution is -2.25. The Kier molecular flexibility index (Phi) is 24.0. The molecule has 0 saturated heterocycles. The van der Waals surface area contributed by atoms with Crippen LogP contribution in [0, 0.1) is 0 Å². The van der Waals surface area contributed by atoms with Crippen LogP contribution in [0.25, 0.3) is 5.70 Å². The molecule has 0 amide bonds. The van der Waals surface area contributed by atoms with Crippen molar-refractivity contribution in [1.82, 2.24) is 15.3 Å². The quantitative estimate of drug-likeness (QED) is 0.707. The second kappa shape index (κ2) is 20.7. The molecule has 1 atom stereocenters. The fourth-order valence-electron chi connectivity index (χ4n) is 1.30. The first-order valence-electron chi connectivity index (χ1n) is 8.13. The fraction of sp³-hybridized carbons (Fsp3) is 0.556. The lowest BCUT2D eigenvalue weighted by molar-refractivity contribution is 0.635. The lowest BCUT2D eigenvalue weighted by atomic mass is 10.1. The predicted molar refractivity (Wildman–Crippen MR) is 97.1 cm³/mol. The Morgan fingerprint density at radius 2 is 1.62 bits per heavy atom. The second-order valence-corrected chi connectivity index (χ2v) is 3.33. The van der Waals surface area contributed by atoms with Crippen LogP contribution in [0.1, 0.15) is 67.1 Å². The Morgan fingerprint density at radius 3 is 2.00 bits per heavy atom. The smallest absolute Gasteiger partial charge is 0.174 e. The van der Waals surface area contributed by atoms with Gasteiger partial charge in [0.2, 0.25) is 0 Å². The molecule has 0 fully saturated rings. The van der Waals surface area contributed by atoms with Crippen LogP contribution in [0.5, 0.6) is 0 Å². The second-order valence-electron chi connectivity index (χ2n) is 3.33. The van der Waals surface area contributed by atoms with Crippen LogP contribution in [-0.4, -0.2) is 16.0 Å². The third-order valence-electron chi connectivity index (χ3n) is 2.08. The summed E-state index contributed by atoms with van der Waals surface area (Å²) in [5.41, 5.74) is 0.744. The molecule has 0 radical (unpaired) electrons. The molecule has 0 aliphatic rings. The molecule has 1 rings (SSSR count). The summed E-state index contributed by atoms with van der Waals surface area (Å²) in [6.07, 6.45) is 7.44. The standard InChI is InChI=1S/C12H17N3.3C2H6/c1-4-7-11(5-2)15-10(3)12-13-8-6-9-14-12;3*1-2/h5-6,8-9,11,15H,2-4,7H2,1H3;3*1-2H3.